The summed E-state index contributed by atoms with van der Waals surface area (Å²) in [7, 11) is 0. The molecule has 0 aromatic rings. The molecule has 1 amide bonds. The number of amides is 1. The molecule has 6 nitrogen and oxygen atoms in total. The fourth-order valence-corrected chi connectivity index (χ4v) is 10.7. The average Bonchev–Trinajstić information content (AvgIpc) is 3.39. The minimum absolute atomic E-state index is 0.00803. The van der Waals surface area contributed by atoms with E-state index in [0.717, 1.165) is 44.9 Å². The van der Waals surface area contributed by atoms with Crippen LogP contribution in [-0.2, 0) is 14.3 Å². The van der Waals surface area contributed by atoms with Crippen molar-refractivity contribution in [2.45, 2.75) is 392 Å². The summed E-state index contributed by atoms with van der Waals surface area (Å²) >= 11 is 0. The number of ether oxygens (including phenoxy) is 1. The van der Waals surface area contributed by atoms with Gasteiger partial charge in [-0.1, -0.05) is 328 Å². The molecular weight excluding hydrogens is 899 g/mol. The molecule has 0 heterocycles. The van der Waals surface area contributed by atoms with E-state index in [0.29, 0.717) is 25.9 Å². The number of aliphatic hydroxyl groups excluding tert-OH is 2. The average molecular weight is 1030 g/mol. The number of carbonyl (C=O) groups is 2. The predicted molar refractivity (Wildman–Crippen MR) is 320 cm³/mol. The van der Waals surface area contributed by atoms with E-state index in [1.54, 1.807) is 0 Å². The van der Waals surface area contributed by atoms with Gasteiger partial charge in [-0.2, -0.15) is 0 Å². The standard InChI is InChI=1S/C67H131NO5/c1-3-5-7-9-11-13-15-17-19-28-31-35-39-43-47-51-55-59-65(70)64(63-69)68-66(71)60-56-52-48-44-40-36-32-29-26-24-22-21-23-25-27-30-34-38-42-46-50-54-58-62-73-67(72)61-57-53-49-45-41-37-33-20-18-16-14-12-10-8-6-4-2/h20,33,64-65,69-70H,3-19,21-32,34-63H2,1-2H3,(H,68,71)/b33-20-. The first-order valence-corrected chi connectivity index (χ1v) is 33.4. The Morgan fingerprint density at radius 3 is 0.973 bits per heavy atom. The second kappa shape index (κ2) is 63.1. The second-order valence-corrected chi connectivity index (χ2v) is 23.2. The van der Waals surface area contributed by atoms with Crippen LogP contribution in [0.2, 0.25) is 0 Å². The molecule has 73 heavy (non-hydrogen) atoms. The first kappa shape index (κ1) is 71.6. The van der Waals surface area contributed by atoms with E-state index in [9.17, 15) is 19.8 Å². The van der Waals surface area contributed by atoms with Crippen LogP contribution in [-0.4, -0.2) is 47.4 Å². The molecule has 0 aliphatic heterocycles. The highest BCUT2D eigenvalue weighted by Gasteiger charge is 2.20. The number of carbonyl (C=O) groups excluding carboxylic acids is 2. The van der Waals surface area contributed by atoms with E-state index >= 15 is 0 Å². The molecule has 0 aliphatic carbocycles. The number of esters is 1. The van der Waals surface area contributed by atoms with Crippen molar-refractivity contribution in [2.75, 3.05) is 13.2 Å². The van der Waals surface area contributed by atoms with Gasteiger partial charge in [-0.05, 0) is 51.4 Å². The molecule has 0 aromatic heterocycles. The van der Waals surface area contributed by atoms with Crippen LogP contribution in [0.15, 0.2) is 12.2 Å². The number of aliphatic hydroxyl groups is 2. The van der Waals surface area contributed by atoms with Gasteiger partial charge in [0.1, 0.15) is 0 Å². The number of hydrogen-bond acceptors (Lipinski definition) is 5. The van der Waals surface area contributed by atoms with Gasteiger partial charge in [0, 0.05) is 12.8 Å². The molecule has 2 unspecified atom stereocenters. The maximum absolute atomic E-state index is 12.5. The van der Waals surface area contributed by atoms with Crippen LogP contribution >= 0.6 is 0 Å². The third kappa shape index (κ3) is 59.7. The number of unbranched alkanes of at least 4 members (excludes halogenated alkanes) is 50. The Morgan fingerprint density at radius 1 is 0.370 bits per heavy atom. The Balaban J connectivity index is 3.36. The van der Waals surface area contributed by atoms with Crippen LogP contribution in [0.25, 0.3) is 0 Å². The van der Waals surface area contributed by atoms with E-state index in [1.165, 1.54) is 302 Å². The van der Waals surface area contributed by atoms with E-state index in [-0.39, 0.29) is 18.5 Å². The van der Waals surface area contributed by atoms with Gasteiger partial charge in [0.25, 0.3) is 0 Å². The SMILES string of the molecule is CCCCCCCCC/C=C\CCCCCCCC(=O)OCCCCCCCCCCCCCCCCCCCCCCCCCC(=O)NC(CO)C(O)CCCCCCCCCCCCCCCCCCC. The summed E-state index contributed by atoms with van der Waals surface area (Å²) in [5, 5.41) is 23.4. The summed E-state index contributed by atoms with van der Waals surface area (Å²) in [6.45, 7) is 4.98. The zero-order valence-electron chi connectivity index (χ0n) is 49.6. The first-order valence-electron chi connectivity index (χ1n) is 33.4. The molecule has 0 aliphatic rings. The monoisotopic (exact) mass is 1030 g/mol. The highest BCUT2D eigenvalue weighted by Crippen LogP contribution is 2.19. The summed E-state index contributed by atoms with van der Waals surface area (Å²) in [4.78, 5) is 24.6. The quantitative estimate of drug-likeness (QED) is 0.0320. The van der Waals surface area contributed by atoms with Crippen molar-refractivity contribution in [1.82, 2.24) is 5.32 Å². The zero-order valence-corrected chi connectivity index (χ0v) is 49.6. The van der Waals surface area contributed by atoms with E-state index in [2.05, 4.69) is 31.3 Å². The molecule has 0 saturated heterocycles. The molecule has 0 rings (SSSR count). The Bertz CT molecular complexity index is 1100. The van der Waals surface area contributed by atoms with Crippen molar-refractivity contribution in [3.63, 3.8) is 0 Å². The van der Waals surface area contributed by atoms with Gasteiger partial charge >= 0.3 is 5.97 Å². The van der Waals surface area contributed by atoms with Gasteiger partial charge in [0.05, 0.1) is 25.4 Å². The summed E-state index contributed by atoms with van der Waals surface area (Å²) in [6, 6.07) is -0.541. The molecule has 0 aromatic carbocycles. The molecule has 2 atom stereocenters. The van der Waals surface area contributed by atoms with Gasteiger partial charge < -0.3 is 20.3 Å². The number of hydrogen-bond donors (Lipinski definition) is 3. The van der Waals surface area contributed by atoms with Crippen molar-refractivity contribution in [3.05, 3.63) is 12.2 Å². The molecule has 0 fully saturated rings. The highest BCUT2D eigenvalue weighted by atomic mass is 16.5. The smallest absolute Gasteiger partial charge is 0.305 e. The second-order valence-electron chi connectivity index (χ2n) is 23.2. The lowest BCUT2D eigenvalue weighted by Crippen LogP contribution is -2.45. The van der Waals surface area contributed by atoms with Gasteiger partial charge in [-0.3, -0.25) is 9.59 Å². The lowest BCUT2D eigenvalue weighted by Gasteiger charge is -2.22. The number of allylic oxidation sites excluding steroid dienone is 2. The van der Waals surface area contributed by atoms with Crippen molar-refractivity contribution < 1.29 is 24.5 Å². The summed E-state index contributed by atoms with van der Waals surface area (Å²) in [6.07, 6.45) is 76.6. The fraction of sp³-hybridized carbons (Fsp3) is 0.940. The fourth-order valence-electron chi connectivity index (χ4n) is 10.7. The Hall–Kier alpha value is -1.40. The largest absolute Gasteiger partial charge is 0.466 e. The predicted octanol–water partition coefficient (Wildman–Crippen LogP) is 21.2. The minimum Gasteiger partial charge on any atom is -0.466 e. The van der Waals surface area contributed by atoms with E-state index in [1.807, 2.05) is 0 Å². The third-order valence-corrected chi connectivity index (χ3v) is 15.8. The molecule has 6 heteroatoms. The Morgan fingerprint density at radius 2 is 0.644 bits per heavy atom. The third-order valence-electron chi connectivity index (χ3n) is 15.8. The lowest BCUT2D eigenvalue weighted by atomic mass is 10.0. The van der Waals surface area contributed by atoms with Crippen LogP contribution in [0.4, 0.5) is 0 Å². The van der Waals surface area contributed by atoms with Crippen LogP contribution in [0, 0.1) is 0 Å². The molecule has 0 radical (unpaired) electrons. The van der Waals surface area contributed by atoms with Gasteiger partial charge in [0.15, 0.2) is 0 Å². The van der Waals surface area contributed by atoms with Crippen molar-refractivity contribution in [2.24, 2.45) is 0 Å². The van der Waals surface area contributed by atoms with E-state index in [4.69, 9.17) is 4.74 Å². The summed E-state index contributed by atoms with van der Waals surface area (Å²) in [5.74, 6) is -0.0229. The molecule has 434 valence electrons. The highest BCUT2D eigenvalue weighted by molar-refractivity contribution is 5.76. The number of nitrogens with one attached hydrogen (secondary N) is 1. The van der Waals surface area contributed by atoms with Gasteiger partial charge in [-0.15, -0.1) is 0 Å². The topological polar surface area (TPSA) is 95.9 Å². The maximum Gasteiger partial charge on any atom is 0.305 e. The lowest BCUT2D eigenvalue weighted by molar-refractivity contribution is -0.143. The Kier molecular flexibility index (Phi) is 61.9. The van der Waals surface area contributed by atoms with Crippen LogP contribution in [0.5, 0.6) is 0 Å². The van der Waals surface area contributed by atoms with Gasteiger partial charge in [-0.25, -0.2) is 0 Å². The summed E-state index contributed by atoms with van der Waals surface area (Å²) in [5.41, 5.74) is 0. The first-order chi connectivity index (χ1) is 36.0. The minimum atomic E-state index is -0.664. The van der Waals surface area contributed by atoms with Crippen LogP contribution in [0.3, 0.4) is 0 Å². The van der Waals surface area contributed by atoms with Crippen LogP contribution in [0.1, 0.15) is 380 Å². The molecular formula is C67H131NO5. The normalized spacial score (nSPS) is 12.5. The molecule has 0 bridgehead atoms. The summed E-state index contributed by atoms with van der Waals surface area (Å²) < 4.78 is 5.49. The van der Waals surface area contributed by atoms with Crippen molar-refractivity contribution >= 4 is 11.9 Å². The van der Waals surface area contributed by atoms with Gasteiger partial charge in [0.2, 0.25) is 5.91 Å². The zero-order chi connectivity index (χ0) is 52.9. The van der Waals surface area contributed by atoms with Crippen LogP contribution < -0.4 is 5.32 Å². The van der Waals surface area contributed by atoms with Crippen molar-refractivity contribution in [1.29, 1.82) is 0 Å². The molecule has 0 spiro atoms. The maximum atomic E-state index is 12.5. The molecule has 3 N–H and O–H groups in total. The molecule has 0 saturated carbocycles. The Labute approximate surface area is 457 Å². The van der Waals surface area contributed by atoms with E-state index < -0.39 is 12.1 Å². The van der Waals surface area contributed by atoms with Crippen molar-refractivity contribution in [3.8, 4) is 0 Å². The number of rotatable bonds is 63.